The molecule has 1 N–H and O–H groups in total. The second-order valence-corrected chi connectivity index (χ2v) is 10.1. The maximum absolute atomic E-state index is 13.0. The van der Waals surface area contributed by atoms with Gasteiger partial charge in [-0.3, -0.25) is 14.8 Å². The summed E-state index contributed by atoms with van der Waals surface area (Å²) in [5, 5.41) is 2.82. The first-order valence-electron chi connectivity index (χ1n) is 9.92. The van der Waals surface area contributed by atoms with Gasteiger partial charge in [0.25, 0.3) is 5.91 Å². The smallest absolute Gasteiger partial charge is 0.258 e. The molecule has 4 rings (SSSR count). The van der Waals surface area contributed by atoms with Crippen molar-refractivity contribution >= 4 is 33.7 Å². The van der Waals surface area contributed by atoms with Crippen LogP contribution in [0, 0.1) is 5.92 Å². The Morgan fingerprint density at radius 3 is 2.64 bits per heavy atom. The molecule has 1 amide bonds. The lowest BCUT2D eigenvalue weighted by atomic mass is 10.1. The fourth-order valence-electron chi connectivity index (χ4n) is 3.25. The molecular formula is C23H21N3O5S2. The van der Waals surface area contributed by atoms with Gasteiger partial charge in [-0.15, -0.1) is 0 Å². The average Bonchev–Trinajstić information content (AvgIpc) is 3.12. The first kappa shape index (κ1) is 22.8. The van der Waals surface area contributed by atoms with Crippen LogP contribution in [0.2, 0.25) is 0 Å². The Labute approximate surface area is 196 Å². The Bertz CT molecular complexity index is 1300. The monoisotopic (exact) mass is 483 g/mol. The first-order valence-corrected chi connectivity index (χ1v) is 12.2. The van der Waals surface area contributed by atoms with Gasteiger partial charge in [0.1, 0.15) is 0 Å². The molecular weight excluding hydrogens is 462 g/mol. The van der Waals surface area contributed by atoms with Crippen molar-refractivity contribution in [3.8, 4) is 11.5 Å². The second kappa shape index (κ2) is 9.63. The van der Waals surface area contributed by atoms with Crippen LogP contribution in [0.4, 0.5) is 0 Å². The predicted molar refractivity (Wildman–Crippen MR) is 126 cm³/mol. The number of amides is 1. The number of ether oxygens (including phenoxy) is 2. The molecule has 0 fully saturated rings. The van der Waals surface area contributed by atoms with Gasteiger partial charge in [0.2, 0.25) is 9.84 Å². The summed E-state index contributed by atoms with van der Waals surface area (Å²) in [6.07, 6.45) is 10.5. The molecule has 170 valence electrons. The topological polar surface area (TPSA) is 107 Å². The Morgan fingerprint density at radius 2 is 1.91 bits per heavy atom. The van der Waals surface area contributed by atoms with Gasteiger partial charge in [0, 0.05) is 35.5 Å². The average molecular weight is 484 g/mol. The molecule has 1 unspecified atom stereocenters. The lowest BCUT2D eigenvalue weighted by molar-refractivity contribution is -0.117. The van der Waals surface area contributed by atoms with Crippen molar-refractivity contribution in [1.29, 1.82) is 0 Å². The van der Waals surface area contributed by atoms with Crippen molar-refractivity contribution < 1.29 is 22.7 Å². The van der Waals surface area contributed by atoms with Crippen LogP contribution in [0.5, 0.6) is 11.5 Å². The van der Waals surface area contributed by atoms with Crippen LogP contribution in [0.25, 0.3) is 0 Å². The van der Waals surface area contributed by atoms with Gasteiger partial charge in [-0.2, -0.15) is 0 Å². The summed E-state index contributed by atoms with van der Waals surface area (Å²) in [7, 11) is -0.876. The van der Waals surface area contributed by atoms with E-state index in [2.05, 4.69) is 15.3 Å². The Kier molecular flexibility index (Phi) is 6.66. The molecule has 33 heavy (non-hydrogen) atoms. The minimum atomic E-state index is -3.79. The van der Waals surface area contributed by atoms with Gasteiger partial charge in [0.15, 0.2) is 11.5 Å². The Morgan fingerprint density at radius 1 is 1.12 bits per heavy atom. The van der Waals surface area contributed by atoms with Crippen LogP contribution in [-0.2, 0) is 21.2 Å². The van der Waals surface area contributed by atoms with Crippen LogP contribution in [0.15, 0.2) is 85.6 Å². The Balaban J connectivity index is 1.42. The molecule has 8 nitrogen and oxygen atoms in total. The van der Waals surface area contributed by atoms with Crippen molar-refractivity contribution in [3.05, 3.63) is 76.5 Å². The van der Waals surface area contributed by atoms with Crippen LogP contribution in [-0.4, -0.2) is 39.7 Å². The number of benzene rings is 1. The third-order valence-corrected chi connectivity index (χ3v) is 7.90. The minimum Gasteiger partial charge on any atom is -0.493 e. The summed E-state index contributed by atoms with van der Waals surface area (Å²) in [6, 6.07) is 7.44. The van der Waals surface area contributed by atoms with E-state index in [0.717, 1.165) is 4.91 Å². The maximum Gasteiger partial charge on any atom is 0.258 e. The molecule has 2 aliphatic rings. The van der Waals surface area contributed by atoms with Crippen LogP contribution >= 0.6 is 11.8 Å². The number of thioether (sulfide) groups is 1. The highest BCUT2D eigenvalue weighted by molar-refractivity contribution is 8.07. The number of pyridine rings is 1. The summed E-state index contributed by atoms with van der Waals surface area (Å²) in [5.41, 5.74) is 0.538. The van der Waals surface area contributed by atoms with E-state index in [1.54, 1.807) is 18.5 Å². The van der Waals surface area contributed by atoms with E-state index >= 15 is 0 Å². The van der Waals surface area contributed by atoms with E-state index in [-0.39, 0.29) is 28.2 Å². The van der Waals surface area contributed by atoms with Crippen LogP contribution < -0.4 is 14.8 Å². The highest BCUT2D eigenvalue weighted by Gasteiger charge is 2.25. The van der Waals surface area contributed by atoms with Gasteiger partial charge in [-0.05, 0) is 30.3 Å². The third-order valence-electron chi connectivity index (χ3n) is 5.01. The van der Waals surface area contributed by atoms with Crippen molar-refractivity contribution in [2.45, 2.75) is 16.3 Å². The fourth-order valence-corrected chi connectivity index (χ4v) is 5.50. The van der Waals surface area contributed by atoms with E-state index < -0.39 is 9.84 Å². The number of methoxy groups -OCH3 is 2. The first-order chi connectivity index (χ1) is 15.9. The van der Waals surface area contributed by atoms with E-state index in [1.165, 1.54) is 56.4 Å². The number of aliphatic imine (C=N–C) groups is 1. The number of carbonyl (C=O) groups excluding carboxylic acids is 1. The standard InChI is InChI=1S/C23H21N3O5S2/c1-30-19-8-7-17(11-20(19)31-2)33(28,29)18-6-5-16(25-13-18)12-26-23(27)21-10-15-4-3-9-24-14-22(15)32-21/h3-11,13-15H,12H2,1-2H3,(H,26,27). The molecule has 1 aromatic heterocycles. The zero-order valence-electron chi connectivity index (χ0n) is 17.9. The SMILES string of the molecule is COc1ccc(S(=O)(=O)c2ccc(CNC(=O)C3=CC4C=CC=NC=C4S3)nc2)cc1OC. The highest BCUT2D eigenvalue weighted by atomic mass is 32.2. The zero-order chi connectivity index (χ0) is 23.4. The van der Waals surface area contributed by atoms with Crippen molar-refractivity contribution in [3.63, 3.8) is 0 Å². The summed E-state index contributed by atoms with van der Waals surface area (Å²) >= 11 is 1.39. The molecule has 0 bridgehead atoms. The summed E-state index contributed by atoms with van der Waals surface area (Å²) in [6.45, 7) is 0.172. The number of allylic oxidation sites excluding steroid dienone is 4. The van der Waals surface area contributed by atoms with Crippen LogP contribution in [0.3, 0.4) is 0 Å². The quantitative estimate of drug-likeness (QED) is 0.644. The predicted octanol–water partition coefficient (Wildman–Crippen LogP) is 3.28. The summed E-state index contributed by atoms with van der Waals surface area (Å²) < 4.78 is 36.3. The van der Waals surface area contributed by atoms with Crippen molar-refractivity contribution in [1.82, 2.24) is 10.3 Å². The minimum absolute atomic E-state index is 0.0401. The molecule has 0 saturated carbocycles. The number of nitrogens with zero attached hydrogens (tertiary/aromatic N) is 2. The molecule has 2 aliphatic heterocycles. The van der Waals surface area contributed by atoms with Gasteiger partial charge in [0.05, 0.1) is 41.2 Å². The highest BCUT2D eigenvalue weighted by Crippen LogP contribution is 2.41. The Hall–Kier alpha value is -3.37. The molecule has 2 aromatic rings. The fraction of sp³-hybridized carbons (Fsp3) is 0.174. The van der Waals surface area contributed by atoms with E-state index in [4.69, 9.17) is 9.47 Å². The van der Waals surface area contributed by atoms with E-state index in [9.17, 15) is 13.2 Å². The second-order valence-electron chi connectivity index (χ2n) is 7.06. The molecule has 3 heterocycles. The van der Waals surface area contributed by atoms with Gasteiger partial charge < -0.3 is 14.8 Å². The number of aromatic nitrogens is 1. The van der Waals surface area contributed by atoms with E-state index in [1.807, 2.05) is 18.2 Å². The molecule has 0 spiro atoms. The number of nitrogens with one attached hydrogen (secondary N) is 1. The molecule has 1 aromatic carbocycles. The number of hydrogen-bond donors (Lipinski definition) is 1. The summed E-state index contributed by atoms with van der Waals surface area (Å²) in [5.74, 6) is 0.595. The van der Waals surface area contributed by atoms with Gasteiger partial charge >= 0.3 is 0 Å². The summed E-state index contributed by atoms with van der Waals surface area (Å²) in [4.78, 5) is 22.6. The maximum atomic E-state index is 13.0. The number of carbonyl (C=O) groups is 1. The molecule has 0 radical (unpaired) electrons. The molecule has 10 heteroatoms. The van der Waals surface area contributed by atoms with Crippen molar-refractivity contribution in [2.24, 2.45) is 10.9 Å². The third kappa shape index (κ3) is 4.86. The van der Waals surface area contributed by atoms with E-state index in [0.29, 0.717) is 22.1 Å². The lowest BCUT2D eigenvalue weighted by Gasteiger charge is -2.10. The number of sulfone groups is 1. The zero-order valence-corrected chi connectivity index (χ0v) is 19.5. The lowest BCUT2D eigenvalue weighted by Crippen LogP contribution is -2.23. The van der Waals surface area contributed by atoms with Crippen molar-refractivity contribution in [2.75, 3.05) is 14.2 Å². The largest absolute Gasteiger partial charge is 0.493 e. The number of rotatable bonds is 7. The number of hydrogen-bond acceptors (Lipinski definition) is 8. The molecule has 1 atom stereocenters. The number of fused-ring (bicyclic) bond motifs is 1. The normalized spacial score (nSPS) is 17.0. The molecule has 0 saturated heterocycles. The van der Waals surface area contributed by atoms with Crippen LogP contribution in [0.1, 0.15) is 5.69 Å². The van der Waals surface area contributed by atoms with Gasteiger partial charge in [-0.1, -0.05) is 23.9 Å². The van der Waals surface area contributed by atoms with Gasteiger partial charge in [-0.25, -0.2) is 8.42 Å². The molecule has 0 aliphatic carbocycles.